The fourth-order valence-electron chi connectivity index (χ4n) is 3.16. The molecular formula is C21H17Cl3N4OS. The zero-order chi connectivity index (χ0) is 21.3. The number of hydrogen-bond acceptors (Lipinski definition) is 4. The second kappa shape index (κ2) is 9.02. The number of imidazole rings is 1. The average molecular weight is 480 g/mol. The molecule has 0 spiro atoms. The molecule has 9 heteroatoms. The number of halogens is 3. The van der Waals surface area contributed by atoms with Gasteiger partial charge >= 0.3 is 0 Å². The summed E-state index contributed by atoms with van der Waals surface area (Å²) in [5, 5.41) is 2.44. The first-order valence-electron chi connectivity index (χ1n) is 9.29. The summed E-state index contributed by atoms with van der Waals surface area (Å²) in [5.41, 5.74) is 2.52. The molecule has 2 aromatic carbocycles. The van der Waals surface area contributed by atoms with Crippen LogP contribution < -0.4 is 5.56 Å². The molecule has 0 aliphatic heterocycles. The van der Waals surface area contributed by atoms with Crippen LogP contribution in [-0.2, 0) is 13.0 Å². The van der Waals surface area contributed by atoms with Crippen LogP contribution in [0.25, 0.3) is 22.6 Å². The zero-order valence-electron chi connectivity index (χ0n) is 16.0. The van der Waals surface area contributed by atoms with E-state index in [1.807, 2.05) is 35.8 Å². The minimum atomic E-state index is -0.255. The summed E-state index contributed by atoms with van der Waals surface area (Å²) in [7, 11) is 0. The number of H-pyrrole nitrogens is 1. The number of aromatic amines is 1. The summed E-state index contributed by atoms with van der Waals surface area (Å²) >= 11 is 19.6. The molecule has 30 heavy (non-hydrogen) atoms. The highest BCUT2D eigenvalue weighted by Crippen LogP contribution is 2.26. The first kappa shape index (κ1) is 21.2. The van der Waals surface area contributed by atoms with E-state index in [1.54, 1.807) is 18.2 Å². The third-order valence-electron chi connectivity index (χ3n) is 4.63. The lowest BCUT2D eigenvalue weighted by Gasteiger charge is -2.07. The number of aromatic nitrogens is 4. The van der Waals surface area contributed by atoms with Gasteiger partial charge in [0.2, 0.25) is 0 Å². The maximum Gasteiger partial charge on any atom is 0.279 e. The summed E-state index contributed by atoms with van der Waals surface area (Å²) in [5.74, 6) is 1.40. The highest BCUT2D eigenvalue weighted by molar-refractivity contribution is 7.99. The summed E-state index contributed by atoms with van der Waals surface area (Å²) in [6, 6.07) is 12.8. The maximum absolute atomic E-state index is 12.6. The minimum Gasteiger partial charge on any atom is -0.309 e. The molecule has 0 aliphatic carbocycles. The topological polar surface area (TPSA) is 63.6 Å². The third-order valence-corrected chi connectivity index (χ3v) is 6.34. The van der Waals surface area contributed by atoms with E-state index in [4.69, 9.17) is 34.8 Å². The number of aryl methyl sites for hydroxylation is 2. The lowest BCUT2D eigenvalue weighted by atomic mass is 10.2. The Morgan fingerprint density at radius 1 is 1.03 bits per heavy atom. The number of nitrogens with one attached hydrogen (secondary N) is 1. The molecule has 1 N–H and O–H groups in total. The van der Waals surface area contributed by atoms with E-state index in [-0.39, 0.29) is 5.56 Å². The van der Waals surface area contributed by atoms with Crippen molar-refractivity contribution >= 4 is 57.7 Å². The van der Waals surface area contributed by atoms with E-state index in [9.17, 15) is 4.79 Å². The molecule has 0 saturated carbocycles. The molecule has 0 saturated heterocycles. The Labute approximate surface area is 192 Å². The van der Waals surface area contributed by atoms with Gasteiger partial charge in [-0.3, -0.25) is 9.78 Å². The van der Waals surface area contributed by atoms with E-state index in [1.165, 1.54) is 11.8 Å². The Hall–Kier alpha value is -1.99. The number of rotatable bonds is 6. The van der Waals surface area contributed by atoms with Crippen LogP contribution in [0.5, 0.6) is 0 Å². The molecule has 0 bridgehead atoms. The van der Waals surface area contributed by atoms with Gasteiger partial charge in [0.05, 0.1) is 0 Å². The lowest BCUT2D eigenvalue weighted by Crippen LogP contribution is -2.10. The van der Waals surface area contributed by atoms with Crippen LogP contribution in [0.1, 0.15) is 12.5 Å². The average Bonchev–Trinajstić information content (AvgIpc) is 3.09. The molecule has 0 atom stereocenters. The Kier molecular flexibility index (Phi) is 6.39. The molecule has 5 nitrogen and oxygen atoms in total. The second-order valence-corrected chi connectivity index (χ2v) is 8.93. The van der Waals surface area contributed by atoms with Crippen molar-refractivity contribution in [1.82, 2.24) is 19.5 Å². The van der Waals surface area contributed by atoms with Crippen molar-refractivity contribution in [1.29, 1.82) is 0 Å². The minimum absolute atomic E-state index is 0.255. The van der Waals surface area contributed by atoms with E-state index >= 15 is 0 Å². The van der Waals surface area contributed by atoms with Gasteiger partial charge in [-0.1, -0.05) is 52.6 Å². The van der Waals surface area contributed by atoms with Crippen LogP contribution in [0.3, 0.4) is 0 Å². The van der Waals surface area contributed by atoms with Gasteiger partial charge in [0.1, 0.15) is 5.82 Å². The normalized spacial score (nSPS) is 11.3. The Morgan fingerprint density at radius 2 is 1.77 bits per heavy atom. The van der Waals surface area contributed by atoms with Crippen LogP contribution >= 0.6 is 46.6 Å². The number of hydrogen-bond donors (Lipinski definition) is 1. The molecule has 0 radical (unpaired) electrons. The summed E-state index contributed by atoms with van der Waals surface area (Å²) in [4.78, 5) is 24.7. The predicted octanol–water partition coefficient (Wildman–Crippen LogP) is 6.10. The van der Waals surface area contributed by atoms with Crippen molar-refractivity contribution in [3.63, 3.8) is 0 Å². The Morgan fingerprint density at radius 3 is 2.47 bits per heavy atom. The molecule has 4 aromatic rings. The largest absolute Gasteiger partial charge is 0.309 e. The van der Waals surface area contributed by atoms with Crippen molar-refractivity contribution in [3.05, 3.63) is 73.4 Å². The SMILES string of the molecule is CCn1c(-c2ccc(Cl)cc2)nc2c(=O)[nH]c(SCCc3ccc(Cl)cc3Cl)nc21. The Bertz CT molecular complexity index is 1270. The molecule has 2 aromatic heterocycles. The summed E-state index contributed by atoms with van der Waals surface area (Å²) < 4.78 is 1.94. The summed E-state index contributed by atoms with van der Waals surface area (Å²) in [6.45, 7) is 2.63. The molecule has 0 fully saturated rings. The molecular weight excluding hydrogens is 463 g/mol. The van der Waals surface area contributed by atoms with Crippen molar-refractivity contribution in [2.45, 2.75) is 25.0 Å². The molecule has 2 heterocycles. The highest BCUT2D eigenvalue weighted by atomic mass is 35.5. The van der Waals surface area contributed by atoms with Gasteiger partial charge in [0, 0.05) is 32.9 Å². The highest BCUT2D eigenvalue weighted by Gasteiger charge is 2.17. The summed E-state index contributed by atoms with van der Waals surface area (Å²) in [6.07, 6.45) is 0.728. The van der Waals surface area contributed by atoms with Gasteiger partial charge in [-0.05, 0) is 55.3 Å². The van der Waals surface area contributed by atoms with E-state index < -0.39 is 0 Å². The molecule has 0 amide bonds. The predicted molar refractivity (Wildman–Crippen MR) is 125 cm³/mol. The van der Waals surface area contributed by atoms with E-state index in [0.29, 0.717) is 49.5 Å². The monoisotopic (exact) mass is 478 g/mol. The number of benzene rings is 2. The quantitative estimate of drug-likeness (QED) is 0.268. The molecule has 154 valence electrons. The van der Waals surface area contributed by atoms with Crippen molar-refractivity contribution in [2.24, 2.45) is 0 Å². The van der Waals surface area contributed by atoms with Crippen LogP contribution in [-0.4, -0.2) is 25.3 Å². The first-order valence-corrected chi connectivity index (χ1v) is 11.4. The molecule has 4 rings (SSSR count). The van der Waals surface area contributed by atoms with Crippen LogP contribution in [0, 0.1) is 0 Å². The first-order chi connectivity index (χ1) is 14.5. The number of nitrogens with zero attached hydrogens (tertiary/aromatic N) is 3. The van der Waals surface area contributed by atoms with E-state index in [0.717, 1.165) is 17.5 Å². The van der Waals surface area contributed by atoms with Gasteiger partial charge in [0.25, 0.3) is 5.56 Å². The smallest absolute Gasteiger partial charge is 0.279 e. The van der Waals surface area contributed by atoms with Crippen LogP contribution in [0.15, 0.2) is 52.4 Å². The van der Waals surface area contributed by atoms with Crippen molar-refractivity contribution in [2.75, 3.05) is 5.75 Å². The van der Waals surface area contributed by atoms with Gasteiger partial charge in [-0.15, -0.1) is 0 Å². The van der Waals surface area contributed by atoms with Crippen molar-refractivity contribution < 1.29 is 0 Å². The Balaban J connectivity index is 1.62. The lowest BCUT2D eigenvalue weighted by molar-refractivity contribution is 0.778. The molecule has 0 unspecified atom stereocenters. The number of thioether (sulfide) groups is 1. The van der Waals surface area contributed by atoms with E-state index in [2.05, 4.69) is 15.0 Å². The zero-order valence-corrected chi connectivity index (χ0v) is 19.0. The molecule has 0 aliphatic rings. The van der Waals surface area contributed by atoms with Gasteiger partial charge in [0.15, 0.2) is 16.3 Å². The standard InChI is InChI=1S/C21H17Cl3N4OS/c1-2-28-18(13-4-6-14(22)7-5-13)25-17-19(28)26-21(27-20(17)29)30-10-9-12-3-8-15(23)11-16(12)24/h3-8,11H,2,9-10H2,1H3,(H,26,27,29). The van der Waals surface area contributed by atoms with Gasteiger partial charge in [-0.2, -0.15) is 0 Å². The number of fused-ring (bicyclic) bond motifs is 1. The third kappa shape index (κ3) is 4.37. The van der Waals surface area contributed by atoms with Gasteiger partial charge in [-0.25, -0.2) is 9.97 Å². The maximum atomic E-state index is 12.6. The fourth-order valence-corrected chi connectivity index (χ4v) is 4.62. The van der Waals surface area contributed by atoms with Crippen LogP contribution in [0.4, 0.5) is 0 Å². The fraction of sp³-hybridized carbons (Fsp3) is 0.190. The second-order valence-electron chi connectivity index (χ2n) is 6.56. The van der Waals surface area contributed by atoms with Gasteiger partial charge < -0.3 is 4.57 Å². The van der Waals surface area contributed by atoms with Crippen molar-refractivity contribution in [3.8, 4) is 11.4 Å². The van der Waals surface area contributed by atoms with Crippen LogP contribution in [0.2, 0.25) is 15.1 Å².